The minimum atomic E-state index is -1.18. The molecule has 8 nitrogen and oxygen atoms in total. The molecular weight excluding hydrogens is 443 g/mol. The first-order valence-corrected chi connectivity index (χ1v) is 10.4. The molecule has 5 rings (SSSR count). The molecule has 5 aromatic rings. The Bertz CT molecular complexity index is 1510. The number of aromatic nitrogens is 2. The maximum absolute atomic E-state index is 13.4. The molecule has 0 fully saturated rings. The Kier molecular flexibility index (Phi) is 5.16. The molecule has 0 aliphatic rings. The number of hydrogen-bond donors (Lipinski definition) is 1. The molecule has 0 aliphatic carbocycles. The quantitative estimate of drug-likeness (QED) is 0.323. The molecule has 0 bridgehead atoms. The lowest BCUT2D eigenvalue weighted by atomic mass is 9.99. The third-order valence-corrected chi connectivity index (χ3v) is 5.47. The summed E-state index contributed by atoms with van der Waals surface area (Å²) in [4.78, 5) is 12.2. The summed E-state index contributed by atoms with van der Waals surface area (Å²) in [6.07, 6.45) is 0. The van der Waals surface area contributed by atoms with Crippen LogP contribution < -0.4 is 4.74 Å². The molecule has 3 heterocycles. The molecule has 0 saturated carbocycles. The fourth-order valence-corrected chi connectivity index (χ4v) is 3.96. The Morgan fingerprint density at radius 3 is 2.44 bits per heavy atom. The van der Waals surface area contributed by atoms with Gasteiger partial charge in [-0.2, -0.15) is 0 Å². The van der Waals surface area contributed by atoms with E-state index < -0.39 is 11.8 Å². The van der Waals surface area contributed by atoms with Gasteiger partial charge in [0, 0.05) is 22.6 Å². The van der Waals surface area contributed by atoms with E-state index in [0.29, 0.717) is 56.3 Å². The summed E-state index contributed by atoms with van der Waals surface area (Å²) in [5.74, 6) is 0.125. The molecule has 172 valence electrons. The van der Waals surface area contributed by atoms with Crippen LogP contribution in [-0.4, -0.2) is 21.4 Å². The van der Waals surface area contributed by atoms with Crippen molar-refractivity contribution in [2.24, 2.45) is 0 Å². The topological polar surface area (TPSA) is 112 Å². The highest BCUT2D eigenvalue weighted by atomic mass is 19.1. The van der Waals surface area contributed by atoms with Crippen LogP contribution in [0.4, 0.5) is 4.39 Å². The second kappa shape index (κ2) is 8.18. The van der Waals surface area contributed by atoms with Crippen molar-refractivity contribution < 1.29 is 32.5 Å². The van der Waals surface area contributed by atoms with Gasteiger partial charge in [0.2, 0.25) is 0 Å². The molecule has 2 aromatic carbocycles. The number of benzene rings is 2. The number of carboxylic acid groups (broad SMARTS) is 1. The van der Waals surface area contributed by atoms with Crippen LogP contribution in [0.25, 0.3) is 33.4 Å². The summed E-state index contributed by atoms with van der Waals surface area (Å²) in [6, 6.07) is 10.5. The number of aryl methyl sites for hydroxylation is 3. The number of hydrogen-bond acceptors (Lipinski definition) is 7. The number of furan rings is 1. The van der Waals surface area contributed by atoms with E-state index in [0.717, 1.165) is 0 Å². The molecule has 1 N–H and O–H groups in total. The first kappa shape index (κ1) is 21.4. The van der Waals surface area contributed by atoms with Crippen LogP contribution in [0, 0.1) is 26.6 Å². The highest BCUT2D eigenvalue weighted by Crippen LogP contribution is 2.42. The molecule has 0 saturated heterocycles. The first-order chi connectivity index (χ1) is 16.3. The zero-order valence-corrected chi connectivity index (χ0v) is 18.5. The minimum Gasteiger partial charge on any atom is -0.486 e. The van der Waals surface area contributed by atoms with Crippen LogP contribution >= 0.6 is 0 Å². The Labute approximate surface area is 192 Å². The number of carboxylic acids is 1. The molecule has 0 radical (unpaired) electrons. The fraction of sp³-hybridized carbons (Fsp3) is 0.160. The van der Waals surface area contributed by atoms with E-state index in [9.17, 15) is 14.3 Å². The molecule has 34 heavy (non-hydrogen) atoms. The summed E-state index contributed by atoms with van der Waals surface area (Å²) in [5.41, 5.74) is 3.28. The minimum absolute atomic E-state index is 0.0472. The lowest BCUT2D eigenvalue weighted by molar-refractivity contribution is 0.0699. The van der Waals surface area contributed by atoms with Crippen LogP contribution in [0.2, 0.25) is 0 Å². The van der Waals surface area contributed by atoms with Gasteiger partial charge in [-0.3, -0.25) is 0 Å². The van der Waals surface area contributed by atoms with E-state index >= 15 is 0 Å². The number of rotatable bonds is 6. The zero-order valence-electron chi connectivity index (χ0n) is 18.5. The molecule has 0 aliphatic heterocycles. The third kappa shape index (κ3) is 3.71. The smallest absolute Gasteiger partial charge is 0.340 e. The van der Waals surface area contributed by atoms with Crippen molar-refractivity contribution in [2.45, 2.75) is 27.4 Å². The molecule has 9 heteroatoms. The monoisotopic (exact) mass is 462 g/mol. The van der Waals surface area contributed by atoms with Crippen molar-refractivity contribution in [1.29, 1.82) is 0 Å². The Morgan fingerprint density at radius 1 is 1.06 bits per heavy atom. The molecule has 0 spiro atoms. The van der Waals surface area contributed by atoms with Crippen LogP contribution in [0.1, 0.15) is 33.3 Å². The van der Waals surface area contributed by atoms with E-state index in [-0.39, 0.29) is 17.9 Å². The second-order valence-electron chi connectivity index (χ2n) is 7.88. The summed E-state index contributed by atoms with van der Waals surface area (Å²) in [5, 5.41) is 18.3. The van der Waals surface area contributed by atoms with Gasteiger partial charge < -0.3 is 23.3 Å². The lowest BCUT2D eigenvalue weighted by Gasteiger charge is -2.11. The van der Waals surface area contributed by atoms with Gasteiger partial charge in [0.25, 0.3) is 0 Å². The van der Waals surface area contributed by atoms with Gasteiger partial charge in [-0.25, -0.2) is 9.18 Å². The first-order valence-electron chi connectivity index (χ1n) is 10.4. The van der Waals surface area contributed by atoms with Crippen molar-refractivity contribution >= 4 is 16.9 Å². The molecule has 0 amide bonds. The van der Waals surface area contributed by atoms with Crippen molar-refractivity contribution in [3.8, 4) is 28.2 Å². The predicted octanol–water partition coefficient (Wildman–Crippen LogP) is 6.08. The largest absolute Gasteiger partial charge is 0.486 e. The average molecular weight is 462 g/mol. The van der Waals surface area contributed by atoms with Crippen molar-refractivity contribution in [1.82, 2.24) is 10.3 Å². The van der Waals surface area contributed by atoms with Crippen molar-refractivity contribution in [3.63, 3.8) is 0 Å². The van der Waals surface area contributed by atoms with Gasteiger partial charge in [0.1, 0.15) is 52.3 Å². The van der Waals surface area contributed by atoms with E-state index in [2.05, 4.69) is 10.3 Å². The lowest BCUT2D eigenvalue weighted by Crippen LogP contribution is -2.00. The highest BCUT2D eigenvalue weighted by Gasteiger charge is 2.26. The summed E-state index contributed by atoms with van der Waals surface area (Å²) >= 11 is 0. The number of carbonyl (C=O) groups is 1. The molecular formula is C25H19FN2O6. The van der Waals surface area contributed by atoms with E-state index in [1.807, 2.05) is 0 Å². The molecule has 0 atom stereocenters. The van der Waals surface area contributed by atoms with Gasteiger partial charge in [-0.15, -0.1) is 0 Å². The second-order valence-corrected chi connectivity index (χ2v) is 7.88. The SMILES string of the molecule is Cc1cc(COc2cc3c(C(=O)O)c(-c4ccc(F)cc4)oc3cc2-c2c(C)noc2C)no1. The van der Waals surface area contributed by atoms with E-state index in [1.54, 1.807) is 39.0 Å². The van der Waals surface area contributed by atoms with Crippen LogP contribution in [-0.2, 0) is 6.61 Å². The predicted molar refractivity (Wildman–Crippen MR) is 119 cm³/mol. The summed E-state index contributed by atoms with van der Waals surface area (Å²) in [7, 11) is 0. The van der Waals surface area contributed by atoms with Crippen molar-refractivity contribution in [2.75, 3.05) is 0 Å². The Hall–Kier alpha value is -4.40. The summed E-state index contributed by atoms with van der Waals surface area (Å²) in [6.45, 7) is 5.46. The van der Waals surface area contributed by atoms with Gasteiger partial charge in [0.05, 0.1) is 11.3 Å². The summed E-state index contributed by atoms with van der Waals surface area (Å²) < 4.78 is 35.9. The zero-order chi connectivity index (χ0) is 24.0. The van der Waals surface area contributed by atoms with Gasteiger partial charge >= 0.3 is 5.97 Å². The number of halogens is 1. The molecule has 3 aromatic heterocycles. The van der Waals surface area contributed by atoms with Crippen molar-refractivity contribution in [3.05, 3.63) is 76.8 Å². The van der Waals surface area contributed by atoms with Crippen LogP contribution in [0.5, 0.6) is 5.75 Å². The number of aromatic carboxylic acids is 1. The Balaban J connectivity index is 1.71. The Morgan fingerprint density at radius 2 is 1.82 bits per heavy atom. The number of ether oxygens (including phenoxy) is 1. The van der Waals surface area contributed by atoms with Gasteiger partial charge in [-0.1, -0.05) is 10.3 Å². The highest BCUT2D eigenvalue weighted by molar-refractivity contribution is 6.09. The van der Waals surface area contributed by atoms with Gasteiger partial charge in [-0.05, 0) is 57.2 Å². The maximum Gasteiger partial charge on any atom is 0.340 e. The number of fused-ring (bicyclic) bond motifs is 1. The molecule has 0 unspecified atom stereocenters. The van der Waals surface area contributed by atoms with E-state index in [4.69, 9.17) is 18.2 Å². The third-order valence-electron chi connectivity index (χ3n) is 5.47. The fourth-order valence-electron chi connectivity index (χ4n) is 3.96. The van der Waals surface area contributed by atoms with Gasteiger partial charge in [0.15, 0.2) is 0 Å². The van der Waals surface area contributed by atoms with Crippen LogP contribution in [0.3, 0.4) is 0 Å². The normalized spacial score (nSPS) is 11.3. The number of nitrogens with zero attached hydrogens (tertiary/aromatic N) is 2. The van der Waals surface area contributed by atoms with E-state index in [1.165, 1.54) is 24.3 Å². The standard InChI is InChI=1S/C25H19FN2O6/c1-12-8-17(28-33-12)11-31-20-9-19-21(10-18(20)22-13(2)27-34-14(22)3)32-24(23(19)25(29)30)15-4-6-16(26)7-5-15/h4-10H,11H2,1-3H3,(H,29,30). The maximum atomic E-state index is 13.4. The van der Waals surface area contributed by atoms with Crippen LogP contribution in [0.15, 0.2) is 55.9 Å². The average Bonchev–Trinajstić information content (AvgIpc) is 3.48.